The van der Waals surface area contributed by atoms with Crippen molar-refractivity contribution in [3.63, 3.8) is 0 Å². The Morgan fingerprint density at radius 1 is 1.00 bits per heavy atom. The summed E-state index contributed by atoms with van der Waals surface area (Å²) >= 11 is -1.28. The Bertz CT molecular complexity index is 467. The first-order valence-corrected chi connectivity index (χ1v) is 13.0. The van der Waals surface area contributed by atoms with Gasteiger partial charge in [0.2, 0.25) is 0 Å². The van der Waals surface area contributed by atoms with Crippen LogP contribution in [-0.4, -0.2) is 10.4 Å². The minimum Gasteiger partial charge on any atom is -1.00 e. The Morgan fingerprint density at radius 3 is 2.31 bits per heavy atom. The van der Waals surface area contributed by atoms with E-state index in [2.05, 4.69) is 42.8 Å². The molecular weight excluding hydrogens is 397 g/mol. The zero-order valence-electron chi connectivity index (χ0n) is 17.1. The van der Waals surface area contributed by atoms with Crippen molar-refractivity contribution in [2.75, 3.05) is 6.54 Å². The summed E-state index contributed by atoms with van der Waals surface area (Å²) in [7, 11) is 0. The molecule has 2 aliphatic carbocycles. The molecule has 0 radical (unpaired) electrons. The van der Waals surface area contributed by atoms with Gasteiger partial charge in [0.15, 0.2) is 0 Å². The topological polar surface area (TPSA) is 12.0 Å². The third-order valence-corrected chi connectivity index (χ3v) is 10.5. The van der Waals surface area contributed by atoms with Crippen LogP contribution in [0.25, 0.3) is 0 Å². The van der Waals surface area contributed by atoms with Crippen LogP contribution in [0.4, 0.5) is 0 Å². The molecule has 2 atom stereocenters. The molecule has 2 aliphatic rings. The molecule has 150 valence electrons. The largest absolute Gasteiger partial charge is 1.00 e. The van der Waals surface area contributed by atoms with Gasteiger partial charge in [-0.05, 0) is 0 Å². The van der Waals surface area contributed by atoms with E-state index in [4.69, 9.17) is 0 Å². The molecule has 0 saturated heterocycles. The molecule has 2 rings (SSSR count). The van der Waals surface area contributed by atoms with Gasteiger partial charge in [0.05, 0.1) is 0 Å². The van der Waals surface area contributed by atoms with Crippen LogP contribution in [0.1, 0.15) is 91.4 Å². The van der Waals surface area contributed by atoms with Crippen LogP contribution in [-0.2, 0) is 17.7 Å². The van der Waals surface area contributed by atoms with E-state index in [0.717, 1.165) is 10.1 Å². The zero-order chi connectivity index (χ0) is 17.2. The van der Waals surface area contributed by atoms with Crippen LogP contribution in [0.5, 0.6) is 0 Å². The molecule has 1 saturated carbocycles. The third kappa shape index (κ3) is 8.74. The molecule has 0 aliphatic heterocycles. The van der Waals surface area contributed by atoms with E-state index in [0.29, 0.717) is 0 Å². The average Bonchev–Trinajstić information content (AvgIpc) is 3.00. The maximum atomic E-state index is 4.07. The molecule has 0 aromatic heterocycles. The van der Waals surface area contributed by atoms with Gasteiger partial charge in [-0.1, -0.05) is 0 Å². The maximum Gasteiger partial charge on any atom is -1.00 e. The fraction of sp³-hybridized carbons (Fsp3) is 0.773. The minimum atomic E-state index is -1.28. The van der Waals surface area contributed by atoms with Crippen LogP contribution >= 0.6 is 0 Å². The van der Waals surface area contributed by atoms with E-state index in [1.807, 2.05) is 0 Å². The molecule has 0 amide bonds. The molecule has 0 bridgehead atoms. The Morgan fingerprint density at radius 2 is 1.65 bits per heavy atom. The van der Waals surface area contributed by atoms with E-state index in [-0.39, 0.29) is 24.8 Å². The van der Waals surface area contributed by atoms with E-state index < -0.39 is 17.7 Å². The Labute approximate surface area is 181 Å². The van der Waals surface area contributed by atoms with Crippen molar-refractivity contribution < 1.29 is 42.5 Å². The summed E-state index contributed by atoms with van der Waals surface area (Å²) in [5, 5.41) is 0. The molecule has 1 N–H and O–H groups in total. The summed E-state index contributed by atoms with van der Waals surface area (Å²) in [5.41, 5.74) is 1.80. The van der Waals surface area contributed by atoms with Gasteiger partial charge in [-0.2, -0.15) is 0 Å². The number of hydrogen-bond acceptors (Lipinski definition) is 1. The summed E-state index contributed by atoms with van der Waals surface area (Å²) < 4.78 is 6.72. The van der Waals surface area contributed by atoms with Gasteiger partial charge >= 0.3 is 157 Å². The first-order valence-electron chi connectivity index (χ1n) is 10.5. The van der Waals surface area contributed by atoms with Crippen molar-refractivity contribution in [1.29, 1.82) is 0 Å². The fourth-order valence-electron chi connectivity index (χ4n) is 4.36. The van der Waals surface area contributed by atoms with Gasteiger partial charge in [0.1, 0.15) is 0 Å². The fourth-order valence-corrected chi connectivity index (χ4v) is 8.83. The molecule has 26 heavy (non-hydrogen) atoms. The SMILES string of the molecule is CCCCCCCCCC[NH][Ti+2](=[C](C)C)[CH]1CCC2CC=CC=C21.[Cl-].[Cl-]. The number of hydrogen-bond donors (Lipinski definition) is 1. The van der Waals surface area contributed by atoms with Crippen molar-refractivity contribution in [3.8, 4) is 0 Å². The summed E-state index contributed by atoms with van der Waals surface area (Å²) in [6.45, 7) is 8.34. The quantitative estimate of drug-likeness (QED) is 0.369. The maximum absolute atomic E-state index is 4.07. The predicted octanol–water partition coefficient (Wildman–Crippen LogP) is 0.555. The number of allylic oxidation sites excluding steroid dienone is 4. The summed E-state index contributed by atoms with van der Waals surface area (Å²) in [6, 6.07) is 0. The van der Waals surface area contributed by atoms with Crippen LogP contribution < -0.4 is 28.6 Å². The van der Waals surface area contributed by atoms with Crippen LogP contribution in [0, 0.1) is 5.92 Å². The molecule has 0 aromatic rings. The van der Waals surface area contributed by atoms with Crippen LogP contribution in [0.3, 0.4) is 0 Å². The van der Waals surface area contributed by atoms with Gasteiger partial charge in [0, 0.05) is 0 Å². The second-order valence-corrected chi connectivity index (χ2v) is 12.5. The Kier molecular flexibility index (Phi) is 15.9. The first-order chi connectivity index (χ1) is 11.7. The molecular formula is C22H39Cl2NTi. The predicted molar refractivity (Wildman–Crippen MR) is 105 cm³/mol. The van der Waals surface area contributed by atoms with E-state index in [9.17, 15) is 0 Å². The Hall–Kier alpha value is 0.604. The molecule has 1 nitrogen and oxygen atoms in total. The Balaban J connectivity index is 0.00000312. The van der Waals surface area contributed by atoms with Gasteiger partial charge in [-0.25, -0.2) is 0 Å². The van der Waals surface area contributed by atoms with E-state index in [1.54, 1.807) is 9.38 Å². The second-order valence-electron chi connectivity index (χ2n) is 7.97. The number of halogens is 2. The number of unbranched alkanes of at least 4 members (excludes halogenated alkanes) is 7. The molecule has 4 heteroatoms. The van der Waals surface area contributed by atoms with Gasteiger partial charge in [-0.15, -0.1) is 0 Å². The smallest absolute Gasteiger partial charge is 1.00 e. The van der Waals surface area contributed by atoms with Crippen molar-refractivity contribution >= 4 is 3.81 Å². The van der Waals surface area contributed by atoms with Gasteiger partial charge in [0.25, 0.3) is 0 Å². The van der Waals surface area contributed by atoms with Crippen molar-refractivity contribution in [2.45, 2.75) is 95.6 Å². The normalized spacial score (nSPS) is 20.3. The zero-order valence-corrected chi connectivity index (χ0v) is 20.2. The molecule has 0 spiro atoms. The summed E-state index contributed by atoms with van der Waals surface area (Å²) in [6.07, 6.45) is 22.7. The minimum absolute atomic E-state index is 0. The monoisotopic (exact) mass is 435 g/mol. The molecule has 0 aromatic carbocycles. The number of fused-ring (bicyclic) bond motifs is 1. The standard InChI is InChI=1S/C10H22N.C9H11.C3H6.2ClH.Ti/c1-2-3-4-5-6-7-8-9-10-11;1-2-5-9-7-3-6-8(9)4-1;1-3-2;;;/h11H,2-10H2,1H3;1-2,4,6,9H,3,5,7H2;1-2H3;2*1H;/q-1;;;;;+3/p-2. The van der Waals surface area contributed by atoms with E-state index >= 15 is 0 Å². The summed E-state index contributed by atoms with van der Waals surface area (Å²) in [4.78, 5) is 0. The van der Waals surface area contributed by atoms with Crippen molar-refractivity contribution in [3.05, 3.63) is 23.8 Å². The summed E-state index contributed by atoms with van der Waals surface area (Å²) in [5.74, 6) is 0.881. The van der Waals surface area contributed by atoms with Crippen LogP contribution in [0.15, 0.2) is 23.8 Å². The van der Waals surface area contributed by atoms with Crippen molar-refractivity contribution in [1.82, 2.24) is 3.80 Å². The van der Waals surface area contributed by atoms with Gasteiger partial charge in [-0.3, -0.25) is 0 Å². The third-order valence-electron chi connectivity index (χ3n) is 5.76. The van der Waals surface area contributed by atoms with Crippen molar-refractivity contribution in [2.24, 2.45) is 5.92 Å². The van der Waals surface area contributed by atoms with E-state index in [1.165, 1.54) is 77.2 Å². The second kappa shape index (κ2) is 15.5. The number of rotatable bonds is 11. The number of nitrogens with one attached hydrogen (secondary N) is 1. The van der Waals surface area contributed by atoms with Gasteiger partial charge < -0.3 is 24.8 Å². The molecule has 1 fully saturated rings. The average molecular weight is 436 g/mol. The molecule has 2 unspecified atom stereocenters. The molecule has 0 heterocycles. The van der Waals surface area contributed by atoms with Crippen LogP contribution in [0.2, 0.25) is 4.22 Å². The first kappa shape index (κ1) is 26.6.